The predicted octanol–water partition coefficient (Wildman–Crippen LogP) is 3.37. The molecule has 1 aliphatic heterocycles. The number of hydrogen-bond donors (Lipinski definition) is 2. The van der Waals surface area contributed by atoms with Crippen LogP contribution in [-0.4, -0.2) is 46.7 Å². The van der Waals surface area contributed by atoms with Crippen LogP contribution in [0.25, 0.3) is 0 Å². The lowest BCUT2D eigenvalue weighted by molar-refractivity contribution is 0.0480. The van der Waals surface area contributed by atoms with Gasteiger partial charge in [0.15, 0.2) is 0 Å². The number of hydrogen-bond acceptors (Lipinski definition) is 4. The fraction of sp³-hybridized carbons (Fsp3) is 0.562. The Morgan fingerprint density at radius 3 is 2.75 bits per heavy atom. The number of urea groups is 1. The number of carbonyl (C=O) groups is 2. The molecule has 1 aliphatic rings. The van der Waals surface area contributed by atoms with Crippen LogP contribution in [0.15, 0.2) is 22.8 Å². The fourth-order valence-corrected chi connectivity index (χ4v) is 2.63. The zero-order chi connectivity index (χ0) is 17.7. The molecule has 24 heavy (non-hydrogen) atoms. The minimum Gasteiger partial charge on any atom is -0.444 e. The van der Waals surface area contributed by atoms with E-state index >= 15 is 0 Å². The van der Waals surface area contributed by atoms with Crippen molar-refractivity contribution in [2.75, 3.05) is 18.4 Å². The molecule has 1 saturated heterocycles. The van der Waals surface area contributed by atoms with Crippen LogP contribution in [-0.2, 0) is 4.74 Å². The van der Waals surface area contributed by atoms with Crippen LogP contribution in [0.1, 0.15) is 33.6 Å². The number of halogens is 1. The molecular weight excluding hydrogens is 376 g/mol. The normalized spacial score (nSPS) is 18.0. The number of alkyl carbamates (subject to hydrolysis) is 1. The second-order valence-electron chi connectivity index (χ2n) is 6.72. The van der Waals surface area contributed by atoms with Crippen molar-refractivity contribution in [3.63, 3.8) is 0 Å². The number of ether oxygens (including phenoxy) is 1. The largest absolute Gasteiger partial charge is 0.444 e. The van der Waals surface area contributed by atoms with Crippen LogP contribution in [0.5, 0.6) is 0 Å². The molecule has 7 nitrogen and oxygen atoms in total. The average molecular weight is 399 g/mol. The van der Waals surface area contributed by atoms with E-state index in [0.29, 0.717) is 18.9 Å². The van der Waals surface area contributed by atoms with E-state index in [4.69, 9.17) is 4.74 Å². The molecule has 0 aliphatic carbocycles. The van der Waals surface area contributed by atoms with Crippen molar-refractivity contribution in [3.8, 4) is 0 Å². The van der Waals surface area contributed by atoms with Crippen LogP contribution in [0, 0.1) is 0 Å². The van der Waals surface area contributed by atoms with Gasteiger partial charge < -0.3 is 15.0 Å². The quantitative estimate of drug-likeness (QED) is 0.799. The first-order valence-corrected chi connectivity index (χ1v) is 8.69. The molecule has 8 heteroatoms. The van der Waals surface area contributed by atoms with E-state index in [1.54, 1.807) is 17.2 Å². The van der Waals surface area contributed by atoms with Crippen molar-refractivity contribution < 1.29 is 14.3 Å². The number of amides is 3. The highest BCUT2D eigenvalue weighted by atomic mass is 79.9. The third-order valence-corrected chi connectivity index (χ3v) is 3.86. The number of nitrogens with zero attached hydrogens (tertiary/aromatic N) is 2. The molecule has 1 aromatic rings. The Kier molecular flexibility index (Phi) is 6.04. The Morgan fingerprint density at radius 1 is 1.38 bits per heavy atom. The third-order valence-electron chi connectivity index (χ3n) is 3.39. The van der Waals surface area contributed by atoms with Gasteiger partial charge in [0.05, 0.1) is 0 Å². The van der Waals surface area contributed by atoms with Gasteiger partial charge in [0.2, 0.25) is 0 Å². The molecule has 0 spiro atoms. The molecule has 2 heterocycles. The van der Waals surface area contributed by atoms with E-state index in [1.807, 2.05) is 26.8 Å². The highest BCUT2D eigenvalue weighted by molar-refractivity contribution is 9.10. The van der Waals surface area contributed by atoms with Gasteiger partial charge >= 0.3 is 12.1 Å². The lowest BCUT2D eigenvalue weighted by atomic mass is 10.1. The first-order valence-electron chi connectivity index (χ1n) is 7.90. The number of pyridine rings is 1. The maximum absolute atomic E-state index is 12.3. The fourth-order valence-electron chi connectivity index (χ4n) is 2.39. The summed E-state index contributed by atoms with van der Waals surface area (Å²) in [5.41, 5.74) is -0.539. The maximum Gasteiger partial charge on any atom is 0.407 e. The summed E-state index contributed by atoms with van der Waals surface area (Å²) in [5, 5.41) is 5.59. The lowest BCUT2D eigenvalue weighted by Crippen LogP contribution is -2.51. The summed E-state index contributed by atoms with van der Waals surface area (Å²) in [5.74, 6) is 0.491. The van der Waals surface area contributed by atoms with Gasteiger partial charge in [-0.25, -0.2) is 14.6 Å². The van der Waals surface area contributed by atoms with Crippen LogP contribution >= 0.6 is 15.9 Å². The van der Waals surface area contributed by atoms with Gasteiger partial charge in [-0.1, -0.05) is 0 Å². The van der Waals surface area contributed by atoms with Crippen molar-refractivity contribution in [1.29, 1.82) is 0 Å². The summed E-state index contributed by atoms with van der Waals surface area (Å²) in [6.07, 6.45) is 2.81. The molecule has 0 aromatic carbocycles. The van der Waals surface area contributed by atoms with Crippen molar-refractivity contribution in [2.24, 2.45) is 0 Å². The summed E-state index contributed by atoms with van der Waals surface area (Å²) in [6, 6.07) is 3.20. The molecule has 1 fully saturated rings. The number of aromatic nitrogens is 1. The van der Waals surface area contributed by atoms with Crippen molar-refractivity contribution in [2.45, 2.75) is 45.3 Å². The number of nitrogens with one attached hydrogen (secondary N) is 2. The van der Waals surface area contributed by atoms with Gasteiger partial charge in [-0.15, -0.1) is 0 Å². The number of carbonyl (C=O) groups excluding carboxylic acids is 2. The van der Waals surface area contributed by atoms with E-state index in [-0.39, 0.29) is 12.1 Å². The van der Waals surface area contributed by atoms with Crippen molar-refractivity contribution in [3.05, 3.63) is 22.8 Å². The average Bonchev–Trinajstić information content (AvgIpc) is 2.48. The van der Waals surface area contributed by atoms with E-state index < -0.39 is 11.7 Å². The number of rotatable bonds is 2. The molecule has 0 unspecified atom stereocenters. The Morgan fingerprint density at radius 2 is 2.12 bits per heavy atom. The van der Waals surface area contributed by atoms with Gasteiger partial charge in [0.1, 0.15) is 11.4 Å². The Balaban J connectivity index is 1.86. The minimum absolute atomic E-state index is 0.114. The molecule has 2 rings (SSSR count). The molecule has 0 radical (unpaired) electrons. The summed E-state index contributed by atoms with van der Waals surface area (Å²) < 4.78 is 6.11. The van der Waals surface area contributed by atoms with Crippen molar-refractivity contribution >= 4 is 33.9 Å². The van der Waals surface area contributed by atoms with E-state index in [9.17, 15) is 9.59 Å². The summed E-state index contributed by atoms with van der Waals surface area (Å²) in [4.78, 5) is 30.0. The van der Waals surface area contributed by atoms with Gasteiger partial charge in [0, 0.05) is 29.8 Å². The highest BCUT2D eigenvalue weighted by Gasteiger charge is 2.26. The first kappa shape index (κ1) is 18.5. The standard InChI is InChI=1S/C16H23BrN4O3/c1-16(2,3)24-15(23)19-12-5-4-8-21(10-12)14(22)20-13-7-6-11(17)9-18-13/h6-7,9,12H,4-5,8,10H2,1-3H3,(H,19,23)(H,18,20,22)/t12-/m0/s1. The molecule has 2 N–H and O–H groups in total. The SMILES string of the molecule is CC(C)(C)OC(=O)N[C@H]1CCCN(C(=O)Nc2ccc(Br)cn2)C1. The number of piperidine rings is 1. The third kappa shape index (κ3) is 5.99. The van der Waals surface area contributed by atoms with Gasteiger partial charge in [-0.05, 0) is 61.7 Å². The Bertz CT molecular complexity index is 586. The van der Waals surface area contributed by atoms with Crippen molar-refractivity contribution in [1.82, 2.24) is 15.2 Å². The monoisotopic (exact) mass is 398 g/mol. The van der Waals surface area contributed by atoms with Crippen LogP contribution in [0.2, 0.25) is 0 Å². The predicted molar refractivity (Wildman–Crippen MR) is 94.9 cm³/mol. The van der Waals surface area contributed by atoms with Gasteiger partial charge in [-0.2, -0.15) is 0 Å². The molecule has 0 bridgehead atoms. The topological polar surface area (TPSA) is 83.6 Å². The molecule has 1 atom stereocenters. The summed E-state index contributed by atoms with van der Waals surface area (Å²) in [7, 11) is 0. The zero-order valence-electron chi connectivity index (χ0n) is 14.1. The second-order valence-corrected chi connectivity index (χ2v) is 7.64. The zero-order valence-corrected chi connectivity index (χ0v) is 15.7. The van der Waals surface area contributed by atoms with E-state index in [0.717, 1.165) is 17.3 Å². The Hall–Kier alpha value is -1.83. The van der Waals surface area contributed by atoms with E-state index in [2.05, 4.69) is 31.5 Å². The molecule has 0 saturated carbocycles. The van der Waals surface area contributed by atoms with Crippen LogP contribution in [0.3, 0.4) is 0 Å². The summed E-state index contributed by atoms with van der Waals surface area (Å²) >= 11 is 3.30. The van der Waals surface area contributed by atoms with Crippen LogP contribution < -0.4 is 10.6 Å². The smallest absolute Gasteiger partial charge is 0.407 e. The maximum atomic E-state index is 12.3. The minimum atomic E-state index is -0.539. The molecule has 1 aromatic heterocycles. The first-order chi connectivity index (χ1) is 11.2. The van der Waals surface area contributed by atoms with Crippen LogP contribution in [0.4, 0.5) is 15.4 Å². The molecule has 132 valence electrons. The lowest BCUT2D eigenvalue weighted by Gasteiger charge is -2.33. The number of anilines is 1. The highest BCUT2D eigenvalue weighted by Crippen LogP contribution is 2.15. The second kappa shape index (κ2) is 7.83. The van der Waals surface area contributed by atoms with Gasteiger partial charge in [0.25, 0.3) is 0 Å². The molecular formula is C16H23BrN4O3. The van der Waals surface area contributed by atoms with Gasteiger partial charge in [-0.3, -0.25) is 5.32 Å². The Labute approximate surface area is 150 Å². The summed E-state index contributed by atoms with van der Waals surface area (Å²) in [6.45, 7) is 6.55. The van der Waals surface area contributed by atoms with E-state index in [1.165, 1.54) is 0 Å². The molecule has 3 amide bonds. The number of likely N-dealkylation sites (tertiary alicyclic amines) is 1.